The zero-order valence-electron chi connectivity index (χ0n) is 12.0. The normalized spacial score (nSPS) is 11.8. The van der Waals surface area contributed by atoms with E-state index >= 15 is 0 Å². The van der Waals surface area contributed by atoms with Gasteiger partial charge in [0.25, 0.3) is 0 Å². The Balaban J connectivity index is 2.50. The SMILES string of the molecule is CC(C)C(=O)Nc1ccc2cc(S(C)(=O)=O)cc(O)c2c1. The number of sulfone groups is 1. The summed E-state index contributed by atoms with van der Waals surface area (Å²) in [6.45, 7) is 3.57. The largest absolute Gasteiger partial charge is 0.507 e. The molecular weight excluding hydrogens is 290 g/mol. The first-order valence-electron chi connectivity index (χ1n) is 6.46. The molecule has 2 rings (SSSR count). The number of phenols is 1. The van der Waals surface area contributed by atoms with Crippen molar-refractivity contribution >= 4 is 32.2 Å². The molecule has 21 heavy (non-hydrogen) atoms. The lowest BCUT2D eigenvalue weighted by atomic mass is 10.1. The van der Waals surface area contributed by atoms with E-state index in [9.17, 15) is 18.3 Å². The van der Waals surface area contributed by atoms with Crippen molar-refractivity contribution in [2.45, 2.75) is 18.7 Å². The number of carbonyl (C=O) groups is 1. The molecule has 2 aromatic carbocycles. The third-order valence-electron chi connectivity index (χ3n) is 3.13. The molecule has 0 heterocycles. The van der Waals surface area contributed by atoms with Gasteiger partial charge in [-0.2, -0.15) is 0 Å². The van der Waals surface area contributed by atoms with E-state index in [0.29, 0.717) is 16.5 Å². The minimum Gasteiger partial charge on any atom is -0.507 e. The number of carbonyl (C=O) groups excluding carboxylic acids is 1. The number of fused-ring (bicyclic) bond motifs is 1. The second-order valence-electron chi connectivity index (χ2n) is 5.29. The first-order chi connectivity index (χ1) is 9.68. The average molecular weight is 307 g/mol. The van der Waals surface area contributed by atoms with Gasteiger partial charge in [0.2, 0.25) is 5.91 Å². The molecule has 0 radical (unpaired) electrons. The van der Waals surface area contributed by atoms with Crippen molar-refractivity contribution in [2.75, 3.05) is 11.6 Å². The smallest absolute Gasteiger partial charge is 0.226 e. The van der Waals surface area contributed by atoms with Crippen molar-refractivity contribution < 1.29 is 18.3 Å². The molecule has 0 unspecified atom stereocenters. The summed E-state index contributed by atoms with van der Waals surface area (Å²) < 4.78 is 23.1. The second kappa shape index (κ2) is 5.37. The van der Waals surface area contributed by atoms with E-state index in [-0.39, 0.29) is 22.5 Å². The van der Waals surface area contributed by atoms with E-state index in [1.54, 1.807) is 32.0 Å². The Kier molecular flexibility index (Phi) is 3.91. The van der Waals surface area contributed by atoms with Gasteiger partial charge >= 0.3 is 0 Å². The van der Waals surface area contributed by atoms with Crippen LogP contribution in [0.15, 0.2) is 35.2 Å². The van der Waals surface area contributed by atoms with E-state index in [1.165, 1.54) is 12.1 Å². The van der Waals surface area contributed by atoms with Crippen LogP contribution < -0.4 is 5.32 Å². The molecule has 6 heteroatoms. The van der Waals surface area contributed by atoms with E-state index in [2.05, 4.69) is 5.32 Å². The first-order valence-corrected chi connectivity index (χ1v) is 8.35. The number of phenolic OH excluding ortho intramolecular Hbond substituents is 1. The van der Waals surface area contributed by atoms with Crippen molar-refractivity contribution in [3.05, 3.63) is 30.3 Å². The summed E-state index contributed by atoms with van der Waals surface area (Å²) >= 11 is 0. The quantitative estimate of drug-likeness (QED) is 0.912. The number of amides is 1. The Labute approximate surface area is 123 Å². The first kappa shape index (κ1) is 15.3. The molecule has 5 nitrogen and oxygen atoms in total. The highest BCUT2D eigenvalue weighted by Crippen LogP contribution is 2.30. The Hall–Kier alpha value is -2.08. The van der Waals surface area contributed by atoms with Crippen molar-refractivity contribution in [1.82, 2.24) is 0 Å². The minimum absolute atomic E-state index is 0.0615. The van der Waals surface area contributed by atoms with Crippen LogP contribution in [0.2, 0.25) is 0 Å². The molecule has 0 fully saturated rings. The zero-order chi connectivity index (χ0) is 15.8. The monoisotopic (exact) mass is 307 g/mol. The molecule has 0 aliphatic carbocycles. The van der Waals surface area contributed by atoms with Gasteiger partial charge in [0.05, 0.1) is 4.90 Å². The molecule has 2 aromatic rings. The number of aromatic hydroxyl groups is 1. The van der Waals surface area contributed by atoms with E-state index in [4.69, 9.17) is 0 Å². The molecular formula is C15H17NO4S. The molecule has 0 saturated carbocycles. The number of nitrogens with one attached hydrogen (secondary N) is 1. The van der Waals surface area contributed by atoms with Crippen LogP contribution in [0.25, 0.3) is 10.8 Å². The molecule has 0 aliphatic rings. The molecule has 1 amide bonds. The molecule has 0 spiro atoms. The van der Waals surface area contributed by atoms with Gasteiger partial charge < -0.3 is 10.4 Å². The predicted molar refractivity (Wildman–Crippen MR) is 82.2 cm³/mol. The molecule has 2 N–H and O–H groups in total. The van der Waals surface area contributed by atoms with Gasteiger partial charge in [-0.1, -0.05) is 19.9 Å². The standard InChI is InChI=1S/C15H17NO4S/c1-9(2)15(18)16-11-5-4-10-6-12(21(3,19)20)8-14(17)13(10)7-11/h4-9,17H,1-3H3,(H,16,18). The van der Waals surface area contributed by atoms with Gasteiger partial charge in [-0.15, -0.1) is 0 Å². The van der Waals surface area contributed by atoms with Gasteiger partial charge in [0.15, 0.2) is 9.84 Å². The van der Waals surface area contributed by atoms with Crippen LogP contribution in [0.3, 0.4) is 0 Å². The van der Waals surface area contributed by atoms with Crippen molar-refractivity contribution in [3.63, 3.8) is 0 Å². The number of hydrogen-bond donors (Lipinski definition) is 2. The van der Waals surface area contributed by atoms with Gasteiger partial charge in [0.1, 0.15) is 5.75 Å². The van der Waals surface area contributed by atoms with Crippen molar-refractivity contribution in [2.24, 2.45) is 5.92 Å². The van der Waals surface area contributed by atoms with E-state index in [0.717, 1.165) is 6.26 Å². The van der Waals surface area contributed by atoms with Crippen LogP contribution in [-0.2, 0) is 14.6 Å². The maximum atomic E-state index is 11.7. The summed E-state index contributed by atoms with van der Waals surface area (Å²) in [7, 11) is -3.39. The average Bonchev–Trinajstić information content (AvgIpc) is 2.38. The zero-order valence-corrected chi connectivity index (χ0v) is 12.9. The maximum Gasteiger partial charge on any atom is 0.226 e. The van der Waals surface area contributed by atoms with Crippen LogP contribution in [0.4, 0.5) is 5.69 Å². The third-order valence-corrected chi connectivity index (χ3v) is 4.22. The highest BCUT2D eigenvalue weighted by atomic mass is 32.2. The van der Waals surface area contributed by atoms with Crippen LogP contribution >= 0.6 is 0 Å². The van der Waals surface area contributed by atoms with Gasteiger partial charge in [-0.3, -0.25) is 4.79 Å². The molecule has 112 valence electrons. The lowest BCUT2D eigenvalue weighted by Gasteiger charge is -2.10. The maximum absolute atomic E-state index is 11.7. The van der Waals surface area contributed by atoms with Crippen molar-refractivity contribution in [1.29, 1.82) is 0 Å². The van der Waals surface area contributed by atoms with Crippen LogP contribution in [0.5, 0.6) is 5.75 Å². The number of benzene rings is 2. The summed E-state index contributed by atoms with van der Waals surface area (Å²) in [6.07, 6.45) is 1.09. The molecule has 0 aliphatic heterocycles. The lowest BCUT2D eigenvalue weighted by molar-refractivity contribution is -0.118. The van der Waals surface area contributed by atoms with Gasteiger partial charge in [-0.25, -0.2) is 8.42 Å². The fraction of sp³-hybridized carbons (Fsp3) is 0.267. The number of hydrogen-bond acceptors (Lipinski definition) is 4. The lowest BCUT2D eigenvalue weighted by Crippen LogP contribution is -2.17. The Morgan fingerprint density at radius 1 is 1.19 bits per heavy atom. The molecule has 0 bridgehead atoms. The van der Waals surface area contributed by atoms with Crippen LogP contribution in [0, 0.1) is 5.92 Å². The summed E-state index contributed by atoms with van der Waals surface area (Å²) in [5, 5.41) is 13.8. The van der Waals surface area contributed by atoms with Crippen LogP contribution in [-0.4, -0.2) is 25.7 Å². The molecule has 0 saturated heterocycles. The number of anilines is 1. The summed E-state index contributed by atoms with van der Waals surface area (Å²) in [4.78, 5) is 11.7. The summed E-state index contributed by atoms with van der Waals surface area (Å²) in [6, 6.07) is 7.68. The Morgan fingerprint density at radius 3 is 2.43 bits per heavy atom. The Morgan fingerprint density at radius 2 is 1.86 bits per heavy atom. The van der Waals surface area contributed by atoms with E-state index < -0.39 is 9.84 Å². The topological polar surface area (TPSA) is 83.5 Å². The highest BCUT2D eigenvalue weighted by molar-refractivity contribution is 7.90. The van der Waals surface area contributed by atoms with Gasteiger partial charge in [0, 0.05) is 23.2 Å². The second-order valence-corrected chi connectivity index (χ2v) is 7.31. The van der Waals surface area contributed by atoms with Crippen molar-refractivity contribution in [3.8, 4) is 5.75 Å². The molecule has 0 aromatic heterocycles. The highest BCUT2D eigenvalue weighted by Gasteiger charge is 2.13. The fourth-order valence-corrected chi connectivity index (χ4v) is 2.56. The fourth-order valence-electron chi connectivity index (χ4n) is 1.89. The number of rotatable bonds is 3. The van der Waals surface area contributed by atoms with Gasteiger partial charge in [-0.05, 0) is 29.7 Å². The predicted octanol–water partition coefficient (Wildman–Crippen LogP) is 2.54. The Bertz CT molecular complexity index is 810. The van der Waals surface area contributed by atoms with Crippen LogP contribution in [0.1, 0.15) is 13.8 Å². The molecule has 0 atom stereocenters. The van der Waals surface area contributed by atoms with E-state index in [1.807, 2.05) is 0 Å². The third kappa shape index (κ3) is 3.33. The summed E-state index contributed by atoms with van der Waals surface area (Å²) in [5.74, 6) is -0.405. The summed E-state index contributed by atoms with van der Waals surface area (Å²) in [5.41, 5.74) is 0.559. The minimum atomic E-state index is -3.39.